The molecule has 2 aromatic heterocycles. The van der Waals surface area contributed by atoms with Gasteiger partial charge in [-0.2, -0.15) is 0 Å². The monoisotopic (exact) mass is 545 g/mol. The Morgan fingerprint density at radius 2 is 1.92 bits per heavy atom. The number of hydrogen-bond donors (Lipinski definition) is 0. The molecule has 198 valence electrons. The van der Waals surface area contributed by atoms with E-state index in [1.54, 1.807) is 50.3 Å². The van der Waals surface area contributed by atoms with Crippen molar-refractivity contribution >= 4 is 29.1 Å². The molecule has 2 aromatic carbocycles. The predicted molar refractivity (Wildman–Crippen MR) is 144 cm³/mol. The number of thiazole rings is 1. The second-order valence-corrected chi connectivity index (χ2v) is 9.56. The van der Waals surface area contributed by atoms with E-state index in [9.17, 15) is 19.7 Å². The van der Waals surface area contributed by atoms with Crippen LogP contribution in [0.2, 0.25) is 0 Å². The summed E-state index contributed by atoms with van der Waals surface area (Å²) in [5.74, 6) is 0.884. The number of methoxy groups -OCH3 is 1. The minimum absolute atomic E-state index is 0.0197. The molecule has 3 heterocycles. The van der Waals surface area contributed by atoms with Crippen molar-refractivity contribution in [3.63, 3.8) is 0 Å². The van der Waals surface area contributed by atoms with Crippen molar-refractivity contribution in [1.29, 1.82) is 0 Å². The Kier molecular flexibility index (Phi) is 6.99. The molecule has 11 heteroatoms. The summed E-state index contributed by atoms with van der Waals surface area (Å²) in [5.41, 5.74) is 1.64. The van der Waals surface area contributed by atoms with Crippen molar-refractivity contribution in [2.75, 3.05) is 13.7 Å². The second-order valence-electron chi connectivity index (χ2n) is 8.55. The molecular formula is C28H23N3O7S. The van der Waals surface area contributed by atoms with Crippen LogP contribution in [0.5, 0.6) is 5.75 Å². The molecule has 0 radical (unpaired) electrons. The molecule has 0 amide bonds. The van der Waals surface area contributed by atoms with E-state index in [4.69, 9.17) is 13.9 Å². The lowest BCUT2D eigenvalue weighted by Gasteiger charge is -2.25. The summed E-state index contributed by atoms with van der Waals surface area (Å²) in [6.07, 6.45) is 1.61. The minimum Gasteiger partial charge on any atom is -0.496 e. The number of rotatable bonds is 7. The standard InChI is InChI=1S/C28H23N3O7S/c1-4-37-27(33)24-16(2)29-28-30(25(24)20-7-5-6-8-22(20)36-3)26(32)23(39-28)15-19-13-14-21(38-19)17-9-11-18(12-10-17)31(34)35/h5-15,25H,4H2,1-3H3. The number of nitrogens with zero attached hydrogens (tertiary/aromatic N) is 3. The zero-order valence-corrected chi connectivity index (χ0v) is 22.1. The lowest BCUT2D eigenvalue weighted by Crippen LogP contribution is -2.40. The molecule has 0 spiro atoms. The van der Waals surface area contributed by atoms with Gasteiger partial charge in [-0.05, 0) is 44.2 Å². The number of nitro groups is 1. The molecule has 0 N–H and O–H groups in total. The largest absolute Gasteiger partial charge is 0.496 e. The molecule has 1 unspecified atom stereocenters. The van der Waals surface area contributed by atoms with Crippen molar-refractivity contribution in [3.05, 3.63) is 113 Å². The maximum atomic E-state index is 13.8. The third-order valence-electron chi connectivity index (χ3n) is 6.21. The van der Waals surface area contributed by atoms with E-state index in [-0.39, 0.29) is 23.4 Å². The van der Waals surface area contributed by atoms with Crippen molar-refractivity contribution in [2.45, 2.75) is 19.9 Å². The average Bonchev–Trinajstić information content (AvgIpc) is 3.52. The normalized spacial score (nSPS) is 15.1. The fraction of sp³-hybridized carbons (Fsp3) is 0.179. The van der Waals surface area contributed by atoms with Gasteiger partial charge in [-0.25, -0.2) is 9.79 Å². The number of aromatic nitrogens is 1. The van der Waals surface area contributed by atoms with E-state index in [1.165, 1.54) is 35.1 Å². The number of fused-ring (bicyclic) bond motifs is 1. The van der Waals surface area contributed by atoms with Crippen LogP contribution in [0.25, 0.3) is 17.4 Å². The van der Waals surface area contributed by atoms with E-state index >= 15 is 0 Å². The van der Waals surface area contributed by atoms with Crippen LogP contribution in [0.3, 0.4) is 0 Å². The third-order valence-corrected chi connectivity index (χ3v) is 7.20. The topological polar surface area (TPSA) is 126 Å². The van der Waals surface area contributed by atoms with Gasteiger partial charge in [0, 0.05) is 29.3 Å². The quantitative estimate of drug-likeness (QED) is 0.195. The lowest BCUT2D eigenvalue weighted by atomic mass is 9.95. The highest BCUT2D eigenvalue weighted by Gasteiger charge is 2.35. The molecule has 1 atom stereocenters. The van der Waals surface area contributed by atoms with E-state index in [0.29, 0.717) is 43.4 Å². The number of carbonyl (C=O) groups is 1. The molecule has 5 rings (SSSR count). The molecule has 4 aromatic rings. The Labute approximate surface area is 225 Å². The molecule has 0 saturated heterocycles. The van der Waals surface area contributed by atoms with Gasteiger partial charge in [0.25, 0.3) is 11.2 Å². The fourth-order valence-corrected chi connectivity index (χ4v) is 5.47. The highest BCUT2D eigenvalue weighted by Crippen LogP contribution is 2.35. The van der Waals surface area contributed by atoms with Crippen molar-refractivity contribution in [3.8, 4) is 17.1 Å². The number of hydrogen-bond acceptors (Lipinski definition) is 9. The summed E-state index contributed by atoms with van der Waals surface area (Å²) in [6.45, 7) is 3.61. The van der Waals surface area contributed by atoms with Crippen molar-refractivity contribution < 1.29 is 23.6 Å². The summed E-state index contributed by atoms with van der Waals surface area (Å²) >= 11 is 1.18. The fourth-order valence-electron chi connectivity index (χ4n) is 4.44. The Hall–Kier alpha value is -4.77. The van der Waals surface area contributed by atoms with Crippen LogP contribution in [0.15, 0.2) is 86.1 Å². The number of carbonyl (C=O) groups excluding carboxylic acids is 1. The smallest absolute Gasteiger partial charge is 0.338 e. The molecule has 10 nitrogen and oxygen atoms in total. The van der Waals surface area contributed by atoms with E-state index in [0.717, 1.165) is 0 Å². The zero-order valence-electron chi connectivity index (χ0n) is 21.2. The first kappa shape index (κ1) is 25.9. The summed E-state index contributed by atoms with van der Waals surface area (Å²) in [6, 6.07) is 15.8. The molecule has 0 aliphatic carbocycles. The SMILES string of the molecule is CCOC(=O)C1=C(C)N=c2sc(=Cc3ccc(-c4ccc([N+](=O)[O-])cc4)o3)c(=O)n2C1c1ccccc1OC. The highest BCUT2D eigenvalue weighted by molar-refractivity contribution is 7.07. The molecule has 0 fully saturated rings. The lowest BCUT2D eigenvalue weighted by molar-refractivity contribution is -0.384. The third kappa shape index (κ3) is 4.79. The number of esters is 1. The molecule has 39 heavy (non-hydrogen) atoms. The molecular weight excluding hydrogens is 522 g/mol. The molecule has 0 bridgehead atoms. The number of benzene rings is 2. The Morgan fingerprint density at radius 3 is 2.62 bits per heavy atom. The van der Waals surface area contributed by atoms with Crippen LogP contribution in [0, 0.1) is 10.1 Å². The predicted octanol–water partition coefficient (Wildman–Crippen LogP) is 3.98. The number of ether oxygens (including phenoxy) is 2. The first-order chi connectivity index (χ1) is 18.8. The van der Waals surface area contributed by atoms with E-state index < -0.39 is 16.9 Å². The molecule has 0 saturated carbocycles. The molecule has 1 aliphatic rings. The number of non-ortho nitro benzene ring substituents is 1. The Bertz CT molecular complexity index is 1800. The van der Waals surface area contributed by atoms with Crippen molar-refractivity contribution in [2.24, 2.45) is 4.99 Å². The summed E-state index contributed by atoms with van der Waals surface area (Å²) in [7, 11) is 1.53. The van der Waals surface area contributed by atoms with Crippen LogP contribution >= 0.6 is 11.3 Å². The first-order valence-corrected chi connectivity index (χ1v) is 12.8. The number of furan rings is 1. The number of nitro benzene ring substituents is 1. The van der Waals surface area contributed by atoms with Crippen LogP contribution in [-0.4, -0.2) is 29.2 Å². The van der Waals surface area contributed by atoms with Gasteiger partial charge in [0.2, 0.25) is 0 Å². The summed E-state index contributed by atoms with van der Waals surface area (Å²) < 4.78 is 18.7. The maximum absolute atomic E-state index is 13.8. The molecule has 1 aliphatic heterocycles. The van der Waals surface area contributed by atoms with Crippen LogP contribution in [-0.2, 0) is 9.53 Å². The minimum atomic E-state index is -0.800. The van der Waals surface area contributed by atoms with Gasteiger partial charge >= 0.3 is 5.97 Å². The average molecular weight is 546 g/mol. The number of allylic oxidation sites excluding steroid dienone is 1. The van der Waals surface area contributed by atoms with E-state index in [2.05, 4.69) is 4.99 Å². The highest BCUT2D eigenvalue weighted by atomic mass is 32.1. The van der Waals surface area contributed by atoms with Crippen molar-refractivity contribution in [1.82, 2.24) is 4.57 Å². The second kappa shape index (κ2) is 10.5. The zero-order chi connectivity index (χ0) is 27.7. The van der Waals surface area contributed by atoms with Gasteiger partial charge in [-0.15, -0.1) is 0 Å². The summed E-state index contributed by atoms with van der Waals surface area (Å²) in [4.78, 5) is 42.3. The van der Waals surface area contributed by atoms with Crippen LogP contribution in [0.1, 0.15) is 31.2 Å². The van der Waals surface area contributed by atoms with Gasteiger partial charge in [-0.3, -0.25) is 19.5 Å². The van der Waals surface area contributed by atoms with Gasteiger partial charge in [0.15, 0.2) is 4.80 Å². The maximum Gasteiger partial charge on any atom is 0.338 e. The Morgan fingerprint density at radius 1 is 1.18 bits per heavy atom. The van der Waals surface area contributed by atoms with Crippen LogP contribution in [0.4, 0.5) is 5.69 Å². The van der Waals surface area contributed by atoms with Crippen LogP contribution < -0.4 is 19.6 Å². The van der Waals surface area contributed by atoms with Gasteiger partial charge < -0.3 is 13.9 Å². The van der Waals surface area contributed by atoms with Gasteiger partial charge in [0.05, 0.1) is 34.4 Å². The summed E-state index contributed by atoms with van der Waals surface area (Å²) in [5, 5.41) is 10.9. The van der Waals surface area contributed by atoms with Gasteiger partial charge in [-0.1, -0.05) is 29.5 Å². The van der Waals surface area contributed by atoms with E-state index in [1.807, 2.05) is 18.2 Å². The number of para-hydroxylation sites is 1. The first-order valence-electron chi connectivity index (χ1n) is 12.0. The Balaban J connectivity index is 1.62. The van der Waals surface area contributed by atoms with Gasteiger partial charge in [0.1, 0.15) is 23.3 Å².